The van der Waals surface area contributed by atoms with Crippen LogP contribution in [0.3, 0.4) is 0 Å². The van der Waals surface area contributed by atoms with Crippen molar-refractivity contribution in [1.29, 1.82) is 0 Å². The SMILES string of the molecule is C=C(CC)C(=O)Oc1cnn(-c2nc(NCc3ccc(OC)cc3)nc(N(C)C)n2)c1C. The highest BCUT2D eigenvalue weighted by Gasteiger charge is 2.18. The van der Waals surface area contributed by atoms with Crippen molar-refractivity contribution < 1.29 is 14.3 Å². The molecule has 0 fully saturated rings. The summed E-state index contributed by atoms with van der Waals surface area (Å²) in [6.45, 7) is 7.83. The Hall–Kier alpha value is -3.95. The van der Waals surface area contributed by atoms with Crippen molar-refractivity contribution in [2.75, 3.05) is 31.4 Å². The van der Waals surface area contributed by atoms with E-state index >= 15 is 0 Å². The van der Waals surface area contributed by atoms with E-state index < -0.39 is 5.97 Å². The van der Waals surface area contributed by atoms with Crippen LogP contribution < -0.4 is 19.7 Å². The van der Waals surface area contributed by atoms with Crippen LogP contribution in [0.4, 0.5) is 11.9 Å². The maximum absolute atomic E-state index is 12.1. The van der Waals surface area contributed by atoms with Gasteiger partial charge in [-0.15, -0.1) is 0 Å². The fourth-order valence-electron chi connectivity index (χ4n) is 2.66. The van der Waals surface area contributed by atoms with Crippen molar-refractivity contribution in [1.82, 2.24) is 24.7 Å². The first-order chi connectivity index (χ1) is 15.3. The summed E-state index contributed by atoms with van der Waals surface area (Å²) < 4.78 is 12.1. The third-order valence-corrected chi connectivity index (χ3v) is 4.69. The maximum atomic E-state index is 12.1. The van der Waals surface area contributed by atoms with Gasteiger partial charge in [-0.1, -0.05) is 25.6 Å². The molecule has 0 radical (unpaired) electrons. The van der Waals surface area contributed by atoms with Crippen LogP contribution in [0, 0.1) is 6.92 Å². The van der Waals surface area contributed by atoms with E-state index in [9.17, 15) is 4.79 Å². The number of carbonyl (C=O) groups excluding carboxylic acids is 1. The van der Waals surface area contributed by atoms with Crippen LogP contribution in [-0.2, 0) is 11.3 Å². The van der Waals surface area contributed by atoms with Gasteiger partial charge in [-0.2, -0.15) is 24.7 Å². The molecule has 32 heavy (non-hydrogen) atoms. The number of ether oxygens (including phenoxy) is 2. The van der Waals surface area contributed by atoms with E-state index in [0.29, 0.717) is 47.8 Å². The van der Waals surface area contributed by atoms with Gasteiger partial charge >= 0.3 is 5.97 Å². The topological polar surface area (TPSA) is 107 Å². The number of aromatic nitrogens is 5. The van der Waals surface area contributed by atoms with Crippen LogP contribution in [0.1, 0.15) is 24.6 Å². The molecule has 0 unspecified atom stereocenters. The molecule has 3 aromatic rings. The van der Waals surface area contributed by atoms with Crippen LogP contribution in [0.15, 0.2) is 42.6 Å². The lowest BCUT2D eigenvalue weighted by Crippen LogP contribution is -2.18. The number of hydrogen-bond acceptors (Lipinski definition) is 9. The van der Waals surface area contributed by atoms with E-state index in [-0.39, 0.29) is 0 Å². The van der Waals surface area contributed by atoms with Crippen molar-refractivity contribution in [3.63, 3.8) is 0 Å². The van der Waals surface area contributed by atoms with E-state index in [2.05, 4.69) is 31.9 Å². The number of hydrogen-bond donors (Lipinski definition) is 1. The second kappa shape index (κ2) is 9.90. The number of esters is 1. The number of rotatable bonds is 9. The van der Waals surface area contributed by atoms with Crippen molar-refractivity contribution >= 4 is 17.9 Å². The highest BCUT2D eigenvalue weighted by Crippen LogP contribution is 2.22. The number of anilines is 2. The summed E-state index contributed by atoms with van der Waals surface area (Å²) in [5.41, 5.74) is 2.01. The maximum Gasteiger partial charge on any atom is 0.338 e. The fraction of sp³-hybridized carbons (Fsp3) is 0.318. The molecule has 0 saturated carbocycles. The summed E-state index contributed by atoms with van der Waals surface area (Å²) in [6, 6.07) is 7.71. The minimum atomic E-state index is -0.485. The minimum absolute atomic E-state index is 0.301. The molecule has 2 aromatic heterocycles. The summed E-state index contributed by atoms with van der Waals surface area (Å²) in [7, 11) is 5.31. The molecule has 168 valence electrons. The van der Waals surface area contributed by atoms with Crippen LogP contribution >= 0.6 is 0 Å². The Morgan fingerprint density at radius 3 is 2.53 bits per heavy atom. The van der Waals surface area contributed by atoms with Gasteiger partial charge in [-0.3, -0.25) is 0 Å². The molecule has 0 bridgehead atoms. The summed E-state index contributed by atoms with van der Waals surface area (Å²) in [4.78, 5) is 27.3. The number of nitrogens with zero attached hydrogens (tertiary/aromatic N) is 6. The van der Waals surface area contributed by atoms with Gasteiger partial charge in [0.25, 0.3) is 5.95 Å². The number of nitrogens with one attached hydrogen (secondary N) is 1. The standard InChI is InChI=1S/C22H27N7O3/c1-7-14(2)19(30)32-18-13-24-29(15(18)3)22-26-20(25-21(27-22)28(4)5)23-12-16-8-10-17(31-6)11-9-16/h8-11,13H,2,7,12H2,1,3-6H3,(H,23,25,26,27). The largest absolute Gasteiger partial charge is 0.497 e. The molecule has 0 amide bonds. The first-order valence-corrected chi connectivity index (χ1v) is 10.1. The Labute approximate surface area is 186 Å². The van der Waals surface area contributed by atoms with E-state index in [1.165, 1.54) is 10.9 Å². The predicted octanol–water partition coefficient (Wildman–Crippen LogP) is 2.92. The molecule has 0 aliphatic carbocycles. The van der Waals surface area contributed by atoms with E-state index in [1.54, 1.807) is 18.9 Å². The minimum Gasteiger partial charge on any atom is -0.497 e. The van der Waals surface area contributed by atoms with E-state index in [0.717, 1.165) is 11.3 Å². The Bertz CT molecular complexity index is 1110. The average Bonchev–Trinajstić information content (AvgIpc) is 3.17. The zero-order valence-electron chi connectivity index (χ0n) is 18.9. The van der Waals surface area contributed by atoms with Gasteiger partial charge in [-0.05, 0) is 31.0 Å². The van der Waals surface area contributed by atoms with Crippen molar-refractivity contribution in [2.24, 2.45) is 0 Å². The third-order valence-electron chi connectivity index (χ3n) is 4.69. The average molecular weight is 438 g/mol. The summed E-state index contributed by atoms with van der Waals surface area (Å²) in [5.74, 6) is 1.78. The van der Waals surface area contributed by atoms with Gasteiger partial charge in [0.2, 0.25) is 11.9 Å². The predicted molar refractivity (Wildman–Crippen MR) is 121 cm³/mol. The Balaban J connectivity index is 1.86. The molecule has 0 aliphatic rings. The number of carbonyl (C=O) groups is 1. The van der Waals surface area contributed by atoms with Gasteiger partial charge in [0, 0.05) is 26.2 Å². The Kier molecular flexibility index (Phi) is 7.04. The lowest BCUT2D eigenvalue weighted by molar-refractivity contribution is -0.130. The number of benzene rings is 1. The summed E-state index contributed by atoms with van der Waals surface area (Å²) in [6.07, 6.45) is 1.97. The van der Waals surface area contributed by atoms with Crippen molar-refractivity contribution in [3.05, 3.63) is 53.9 Å². The molecular formula is C22H27N7O3. The lowest BCUT2D eigenvalue weighted by atomic mass is 10.2. The smallest absolute Gasteiger partial charge is 0.338 e. The first kappa shape index (κ1) is 22.7. The van der Waals surface area contributed by atoms with Crippen LogP contribution in [0.5, 0.6) is 11.5 Å². The molecule has 0 spiro atoms. The van der Waals surface area contributed by atoms with Crippen LogP contribution in [-0.4, -0.2) is 51.9 Å². The molecule has 1 N–H and O–H groups in total. The zero-order valence-corrected chi connectivity index (χ0v) is 18.9. The van der Waals surface area contributed by atoms with Crippen molar-refractivity contribution in [2.45, 2.75) is 26.8 Å². The first-order valence-electron chi connectivity index (χ1n) is 10.1. The molecule has 10 heteroatoms. The molecule has 0 saturated heterocycles. The van der Waals surface area contributed by atoms with Gasteiger partial charge < -0.3 is 19.7 Å². The quantitative estimate of drug-likeness (QED) is 0.399. The van der Waals surface area contributed by atoms with Gasteiger partial charge in [0.05, 0.1) is 19.0 Å². The molecule has 0 aliphatic heterocycles. The van der Waals surface area contributed by atoms with E-state index in [1.807, 2.05) is 45.3 Å². The van der Waals surface area contributed by atoms with Crippen molar-refractivity contribution in [3.8, 4) is 17.4 Å². The van der Waals surface area contributed by atoms with E-state index in [4.69, 9.17) is 9.47 Å². The molecule has 3 rings (SSSR count). The molecule has 1 aromatic carbocycles. The fourth-order valence-corrected chi connectivity index (χ4v) is 2.66. The summed E-state index contributed by atoms with van der Waals surface area (Å²) >= 11 is 0. The molecular weight excluding hydrogens is 410 g/mol. The highest BCUT2D eigenvalue weighted by molar-refractivity contribution is 5.89. The molecule has 2 heterocycles. The lowest BCUT2D eigenvalue weighted by Gasteiger charge is -2.14. The van der Waals surface area contributed by atoms with Crippen LogP contribution in [0.2, 0.25) is 0 Å². The second-order valence-corrected chi connectivity index (χ2v) is 7.21. The van der Waals surface area contributed by atoms with Crippen LogP contribution in [0.25, 0.3) is 5.95 Å². The zero-order chi connectivity index (χ0) is 23.3. The van der Waals surface area contributed by atoms with Gasteiger partial charge in [0.15, 0.2) is 5.75 Å². The number of methoxy groups -OCH3 is 1. The monoisotopic (exact) mass is 437 g/mol. The third kappa shape index (κ3) is 5.20. The highest BCUT2D eigenvalue weighted by atomic mass is 16.5. The molecule has 10 nitrogen and oxygen atoms in total. The van der Waals surface area contributed by atoms with Gasteiger partial charge in [0.1, 0.15) is 5.75 Å². The summed E-state index contributed by atoms with van der Waals surface area (Å²) in [5, 5.41) is 7.52. The van der Waals surface area contributed by atoms with Gasteiger partial charge in [-0.25, -0.2) is 4.79 Å². The second-order valence-electron chi connectivity index (χ2n) is 7.21. The Morgan fingerprint density at radius 1 is 1.19 bits per heavy atom. The normalized spacial score (nSPS) is 10.5. The molecule has 0 atom stereocenters. The Morgan fingerprint density at radius 2 is 1.91 bits per heavy atom.